The fourth-order valence-corrected chi connectivity index (χ4v) is 4.19. The van der Waals surface area contributed by atoms with Crippen LogP contribution in [0.15, 0.2) is 53.1 Å². The molecular weight excluding hydrogens is 444 g/mol. The number of benzene rings is 2. The Bertz CT molecular complexity index is 1600. The molecule has 3 heterocycles. The smallest absolute Gasteiger partial charge is 0.270 e. The van der Waals surface area contributed by atoms with E-state index in [1.54, 1.807) is 25.1 Å². The topological polar surface area (TPSA) is 115 Å². The second-order valence-electron chi connectivity index (χ2n) is 8.38. The van der Waals surface area contributed by atoms with Gasteiger partial charge in [-0.3, -0.25) is 20.4 Å². The van der Waals surface area contributed by atoms with Gasteiger partial charge in [0.1, 0.15) is 5.82 Å². The molecule has 0 bridgehead atoms. The van der Waals surface area contributed by atoms with Crippen molar-refractivity contribution in [3.8, 4) is 11.3 Å². The van der Waals surface area contributed by atoms with Crippen molar-refractivity contribution < 1.29 is 14.1 Å². The number of nitrogens with one attached hydrogen (secondary N) is 2. The largest absolute Gasteiger partial charge is 0.335 e. The van der Waals surface area contributed by atoms with E-state index in [1.165, 1.54) is 0 Å². The number of carbonyl (C=O) groups excluding carboxylic acids is 2. The molecule has 0 unspecified atom stereocenters. The van der Waals surface area contributed by atoms with Gasteiger partial charge in [-0.05, 0) is 52.0 Å². The maximum absolute atomic E-state index is 13.1. The van der Waals surface area contributed by atoms with Crippen molar-refractivity contribution in [3.05, 3.63) is 76.7 Å². The van der Waals surface area contributed by atoms with E-state index in [0.717, 1.165) is 34.5 Å². The van der Waals surface area contributed by atoms with Crippen LogP contribution in [0, 0.1) is 20.8 Å². The highest BCUT2D eigenvalue weighted by Gasteiger charge is 2.20. The minimum atomic E-state index is -0.502. The lowest BCUT2D eigenvalue weighted by Crippen LogP contribution is -2.41. The van der Waals surface area contributed by atoms with E-state index < -0.39 is 11.8 Å². The summed E-state index contributed by atoms with van der Waals surface area (Å²) in [4.78, 5) is 35.0. The third-order valence-corrected chi connectivity index (χ3v) is 6.02. The summed E-state index contributed by atoms with van der Waals surface area (Å²) in [5, 5.41) is 4.46. The standard InChI is InChI=1S/C26H24N6O3/c1-5-32-16(4)27-21-12-18(10-11-22(21)32)24(33)29-30-25(34)19-13-20(17-8-6-14(2)7-9-17)28-26-23(19)15(3)31-35-26/h6-13H,5H2,1-4H3,(H,29,33)(H,30,34). The van der Waals surface area contributed by atoms with Crippen LogP contribution in [0.3, 0.4) is 0 Å². The molecule has 0 saturated carbocycles. The molecule has 9 heteroatoms. The van der Waals surface area contributed by atoms with E-state index in [9.17, 15) is 9.59 Å². The minimum absolute atomic E-state index is 0.254. The maximum atomic E-state index is 13.1. The number of aromatic nitrogens is 4. The van der Waals surface area contributed by atoms with Crippen LogP contribution in [0.4, 0.5) is 0 Å². The highest BCUT2D eigenvalue weighted by molar-refractivity contribution is 6.08. The molecule has 0 aliphatic heterocycles. The van der Waals surface area contributed by atoms with Crippen LogP contribution in [-0.4, -0.2) is 31.5 Å². The molecule has 176 valence electrons. The molecule has 0 aliphatic carbocycles. The Morgan fingerprint density at radius 3 is 2.43 bits per heavy atom. The Hall–Kier alpha value is -4.53. The number of aryl methyl sites for hydroxylation is 4. The Kier molecular flexibility index (Phi) is 5.52. The molecule has 0 aliphatic rings. The van der Waals surface area contributed by atoms with E-state index >= 15 is 0 Å². The van der Waals surface area contributed by atoms with Crippen LogP contribution < -0.4 is 10.9 Å². The number of fused-ring (bicyclic) bond motifs is 2. The zero-order valence-corrected chi connectivity index (χ0v) is 19.8. The zero-order valence-electron chi connectivity index (χ0n) is 19.8. The van der Waals surface area contributed by atoms with Crippen LogP contribution in [0.5, 0.6) is 0 Å². The number of pyridine rings is 1. The monoisotopic (exact) mass is 468 g/mol. The molecule has 3 aromatic heterocycles. The van der Waals surface area contributed by atoms with Gasteiger partial charge >= 0.3 is 0 Å². The molecule has 0 fully saturated rings. The number of imidazole rings is 1. The van der Waals surface area contributed by atoms with Gasteiger partial charge in [-0.1, -0.05) is 35.0 Å². The van der Waals surface area contributed by atoms with Gasteiger partial charge in [0.15, 0.2) is 0 Å². The maximum Gasteiger partial charge on any atom is 0.270 e. The molecule has 5 rings (SSSR count). The summed E-state index contributed by atoms with van der Waals surface area (Å²) in [6.45, 7) is 8.49. The molecule has 2 N–H and O–H groups in total. The second kappa shape index (κ2) is 8.68. The van der Waals surface area contributed by atoms with E-state index in [0.29, 0.717) is 27.9 Å². The van der Waals surface area contributed by atoms with E-state index in [4.69, 9.17) is 4.52 Å². The molecular formula is C26H24N6O3. The fraction of sp³-hybridized carbons (Fsp3) is 0.192. The predicted octanol–water partition coefficient (Wildman–Crippen LogP) is 4.26. The van der Waals surface area contributed by atoms with Gasteiger partial charge in [-0.2, -0.15) is 0 Å². The lowest BCUT2D eigenvalue weighted by atomic mass is 10.0. The van der Waals surface area contributed by atoms with Crippen LogP contribution in [0.2, 0.25) is 0 Å². The molecule has 2 aromatic carbocycles. The van der Waals surface area contributed by atoms with Crippen molar-refractivity contribution in [2.24, 2.45) is 0 Å². The normalized spacial score (nSPS) is 11.2. The average molecular weight is 469 g/mol. The van der Waals surface area contributed by atoms with E-state index in [2.05, 4.69) is 30.5 Å². The fourth-order valence-electron chi connectivity index (χ4n) is 4.19. The van der Waals surface area contributed by atoms with Crippen molar-refractivity contribution in [3.63, 3.8) is 0 Å². The summed E-state index contributed by atoms with van der Waals surface area (Å²) in [6, 6.07) is 14.7. The molecule has 0 atom stereocenters. The predicted molar refractivity (Wildman–Crippen MR) is 132 cm³/mol. The summed E-state index contributed by atoms with van der Waals surface area (Å²) in [6.07, 6.45) is 0. The lowest BCUT2D eigenvalue weighted by molar-refractivity contribution is 0.0847. The van der Waals surface area contributed by atoms with Crippen LogP contribution in [0.25, 0.3) is 33.4 Å². The number of hydrogen-bond acceptors (Lipinski definition) is 6. The van der Waals surface area contributed by atoms with Crippen molar-refractivity contribution in [2.45, 2.75) is 34.2 Å². The number of carbonyl (C=O) groups is 2. The van der Waals surface area contributed by atoms with E-state index in [-0.39, 0.29) is 5.71 Å². The third kappa shape index (κ3) is 4.01. The second-order valence-corrected chi connectivity index (χ2v) is 8.38. The van der Waals surface area contributed by atoms with Gasteiger partial charge in [-0.25, -0.2) is 9.97 Å². The minimum Gasteiger partial charge on any atom is -0.335 e. The first-order valence-corrected chi connectivity index (χ1v) is 11.3. The molecule has 0 saturated heterocycles. The van der Waals surface area contributed by atoms with Crippen LogP contribution >= 0.6 is 0 Å². The van der Waals surface area contributed by atoms with Gasteiger partial charge < -0.3 is 9.09 Å². The molecule has 0 radical (unpaired) electrons. The van der Waals surface area contributed by atoms with Crippen molar-refractivity contribution in [1.82, 2.24) is 30.5 Å². The van der Waals surface area contributed by atoms with Gasteiger partial charge in [0.05, 0.1) is 33.4 Å². The summed E-state index contributed by atoms with van der Waals surface area (Å²) < 4.78 is 7.41. The van der Waals surface area contributed by atoms with Gasteiger partial charge in [0.25, 0.3) is 17.5 Å². The highest BCUT2D eigenvalue weighted by atomic mass is 16.5. The number of hydrogen-bond donors (Lipinski definition) is 2. The SMILES string of the molecule is CCn1c(C)nc2cc(C(=O)NNC(=O)c3cc(-c4ccc(C)cc4)nc4onc(C)c34)ccc21. The number of rotatable bonds is 4. The third-order valence-electron chi connectivity index (χ3n) is 6.02. The molecule has 35 heavy (non-hydrogen) atoms. The molecule has 5 aromatic rings. The first kappa shape index (κ1) is 22.3. The quantitative estimate of drug-likeness (QED) is 0.381. The Morgan fingerprint density at radius 2 is 1.69 bits per heavy atom. The highest BCUT2D eigenvalue weighted by Crippen LogP contribution is 2.27. The van der Waals surface area contributed by atoms with Gasteiger partial charge in [0.2, 0.25) is 0 Å². The molecule has 9 nitrogen and oxygen atoms in total. The summed E-state index contributed by atoms with van der Waals surface area (Å²) in [5.74, 6) is -0.0730. The van der Waals surface area contributed by atoms with Gasteiger partial charge in [-0.15, -0.1) is 0 Å². The number of amides is 2. The average Bonchev–Trinajstić information content (AvgIpc) is 3.39. The number of hydrazine groups is 1. The summed E-state index contributed by atoms with van der Waals surface area (Å²) in [7, 11) is 0. The molecule has 2 amide bonds. The van der Waals surface area contributed by atoms with Crippen molar-refractivity contribution >= 4 is 33.9 Å². The Balaban J connectivity index is 1.41. The first-order chi connectivity index (χ1) is 16.9. The Labute approximate surface area is 201 Å². The van der Waals surface area contributed by atoms with Crippen LogP contribution in [-0.2, 0) is 6.54 Å². The molecule has 0 spiro atoms. The van der Waals surface area contributed by atoms with E-state index in [1.807, 2.05) is 51.1 Å². The lowest BCUT2D eigenvalue weighted by Gasteiger charge is -2.10. The zero-order chi connectivity index (χ0) is 24.7. The Morgan fingerprint density at radius 1 is 0.943 bits per heavy atom. The van der Waals surface area contributed by atoms with Crippen LogP contribution in [0.1, 0.15) is 44.7 Å². The van der Waals surface area contributed by atoms with Crippen molar-refractivity contribution in [1.29, 1.82) is 0 Å². The van der Waals surface area contributed by atoms with Gasteiger partial charge in [0, 0.05) is 17.7 Å². The summed E-state index contributed by atoms with van der Waals surface area (Å²) in [5.41, 5.74) is 10.7. The summed E-state index contributed by atoms with van der Waals surface area (Å²) >= 11 is 0. The first-order valence-electron chi connectivity index (χ1n) is 11.3. The number of nitrogens with zero attached hydrogens (tertiary/aromatic N) is 4. The van der Waals surface area contributed by atoms with Crippen molar-refractivity contribution in [2.75, 3.05) is 0 Å².